The second-order valence-corrected chi connectivity index (χ2v) is 4.64. The molecule has 0 N–H and O–H groups in total. The zero-order valence-electron chi connectivity index (χ0n) is 13.1. The predicted octanol–water partition coefficient (Wildman–Crippen LogP) is 0.422. The van der Waals surface area contributed by atoms with Crippen molar-refractivity contribution < 1.29 is 14.3 Å². The third kappa shape index (κ3) is 3.68. The lowest BCUT2D eigenvalue weighted by atomic mass is 10.1. The van der Waals surface area contributed by atoms with Crippen molar-refractivity contribution in [2.24, 2.45) is 7.05 Å². The topological polar surface area (TPSA) is 81.5 Å². The van der Waals surface area contributed by atoms with Crippen LogP contribution >= 0.6 is 0 Å². The summed E-state index contributed by atoms with van der Waals surface area (Å²) in [6, 6.07) is 0. The largest absolute Gasteiger partial charge is 0.465 e. The number of hydrogen-bond acceptors (Lipinski definition) is 5. The maximum absolute atomic E-state index is 12.5. The molecule has 0 bridgehead atoms. The van der Waals surface area contributed by atoms with Crippen molar-refractivity contribution in [2.45, 2.75) is 27.7 Å². The molecule has 0 aromatic carbocycles. The fraction of sp³-hybridized carbons (Fsp3) is 0.571. The van der Waals surface area contributed by atoms with E-state index in [-0.39, 0.29) is 18.7 Å². The molecule has 116 valence electrons. The molecule has 1 rings (SSSR count). The Morgan fingerprint density at radius 3 is 2.43 bits per heavy atom. The molecule has 0 unspecified atom stereocenters. The van der Waals surface area contributed by atoms with Crippen LogP contribution in [0.2, 0.25) is 0 Å². The minimum absolute atomic E-state index is 0.0520. The number of carbonyl (C=O) groups is 2. The summed E-state index contributed by atoms with van der Waals surface area (Å²) in [5.74, 6) is -0.970. The third-order valence-electron chi connectivity index (χ3n) is 3.23. The molecule has 0 saturated heterocycles. The lowest BCUT2D eigenvalue weighted by Crippen LogP contribution is -2.41. The number of aromatic nitrogens is 2. The molecule has 21 heavy (non-hydrogen) atoms. The summed E-state index contributed by atoms with van der Waals surface area (Å²) in [5, 5.41) is 4.03. The van der Waals surface area contributed by atoms with Crippen molar-refractivity contribution in [3.63, 3.8) is 0 Å². The highest BCUT2D eigenvalue weighted by atomic mass is 16.5. The van der Waals surface area contributed by atoms with E-state index in [1.807, 2.05) is 0 Å². The van der Waals surface area contributed by atoms with Crippen LogP contribution in [0.1, 0.15) is 35.5 Å². The maximum Gasteiger partial charge on any atom is 0.325 e. The molecule has 7 heteroatoms. The Kier molecular flexibility index (Phi) is 5.63. The fourth-order valence-corrected chi connectivity index (χ4v) is 1.95. The Balaban J connectivity index is 3.17. The second kappa shape index (κ2) is 7.01. The van der Waals surface area contributed by atoms with Crippen LogP contribution in [-0.4, -0.2) is 46.3 Å². The lowest BCUT2D eigenvalue weighted by Gasteiger charge is -2.21. The van der Waals surface area contributed by atoms with Crippen molar-refractivity contribution in [3.05, 3.63) is 27.2 Å². The first-order chi connectivity index (χ1) is 9.83. The molecule has 0 radical (unpaired) electrons. The molecule has 0 atom stereocenters. The zero-order valence-corrected chi connectivity index (χ0v) is 13.1. The van der Waals surface area contributed by atoms with E-state index in [2.05, 4.69) is 5.10 Å². The SMILES string of the molecule is CCOC(=O)CN(CC)C(=O)c1c(C)c(C)nn(C)c1=O. The molecule has 7 nitrogen and oxygen atoms in total. The minimum atomic E-state index is -0.493. The molecule has 0 aliphatic carbocycles. The van der Waals surface area contributed by atoms with Gasteiger partial charge in [0.1, 0.15) is 12.1 Å². The molecular weight excluding hydrogens is 274 g/mol. The van der Waals surface area contributed by atoms with Crippen LogP contribution in [0, 0.1) is 13.8 Å². The molecule has 0 aliphatic rings. The third-order valence-corrected chi connectivity index (χ3v) is 3.23. The van der Waals surface area contributed by atoms with Crippen LogP contribution < -0.4 is 5.56 Å². The molecule has 0 fully saturated rings. The first kappa shape index (κ1) is 16.9. The molecular formula is C14H21N3O4. The monoisotopic (exact) mass is 295 g/mol. The summed E-state index contributed by atoms with van der Waals surface area (Å²) in [6.07, 6.45) is 0. The smallest absolute Gasteiger partial charge is 0.325 e. The van der Waals surface area contributed by atoms with Gasteiger partial charge in [-0.3, -0.25) is 14.4 Å². The van der Waals surface area contributed by atoms with Crippen molar-refractivity contribution >= 4 is 11.9 Å². The normalized spacial score (nSPS) is 10.3. The number of amides is 1. The summed E-state index contributed by atoms with van der Waals surface area (Å²) in [7, 11) is 1.49. The van der Waals surface area contributed by atoms with Gasteiger partial charge in [0.2, 0.25) is 0 Å². The van der Waals surface area contributed by atoms with Gasteiger partial charge in [-0.2, -0.15) is 5.10 Å². The fourth-order valence-electron chi connectivity index (χ4n) is 1.95. The average Bonchev–Trinajstić information content (AvgIpc) is 2.43. The Morgan fingerprint density at radius 2 is 1.90 bits per heavy atom. The summed E-state index contributed by atoms with van der Waals surface area (Å²) >= 11 is 0. The lowest BCUT2D eigenvalue weighted by molar-refractivity contribution is -0.143. The van der Waals surface area contributed by atoms with Crippen molar-refractivity contribution in [1.82, 2.24) is 14.7 Å². The molecule has 1 amide bonds. The maximum atomic E-state index is 12.5. The molecule has 1 aromatic rings. The number of esters is 1. The van der Waals surface area contributed by atoms with Gasteiger partial charge >= 0.3 is 5.97 Å². The summed E-state index contributed by atoms with van der Waals surface area (Å²) in [5.41, 5.74) is 0.722. The van der Waals surface area contributed by atoms with E-state index < -0.39 is 17.4 Å². The van der Waals surface area contributed by atoms with Crippen LogP contribution in [0.3, 0.4) is 0 Å². The van der Waals surface area contributed by atoms with Gasteiger partial charge < -0.3 is 9.64 Å². The minimum Gasteiger partial charge on any atom is -0.465 e. The van der Waals surface area contributed by atoms with Crippen LogP contribution in [0.4, 0.5) is 0 Å². The number of hydrogen-bond donors (Lipinski definition) is 0. The Labute approximate surface area is 123 Å². The zero-order chi connectivity index (χ0) is 16.2. The molecule has 1 aromatic heterocycles. The quantitative estimate of drug-likeness (QED) is 0.735. The van der Waals surface area contributed by atoms with Gasteiger partial charge in [0.25, 0.3) is 11.5 Å². The number of rotatable bonds is 5. The molecule has 1 heterocycles. The van der Waals surface area contributed by atoms with E-state index >= 15 is 0 Å². The molecule has 0 aliphatic heterocycles. The van der Waals surface area contributed by atoms with Gasteiger partial charge in [0.05, 0.1) is 12.3 Å². The molecule has 0 spiro atoms. The van der Waals surface area contributed by atoms with E-state index in [0.717, 1.165) is 4.68 Å². The Bertz CT molecular complexity index is 607. The summed E-state index contributed by atoms with van der Waals surface area (Å²) in [4.78, 5) is 37.5. The van der Waals surface area contributed by atoms with Gasteiger partial charge in [-0.25, -0.2) is 4.68 Å². The Hall–Kier alpha value is -2.18. The number of aryl methyl sites for hydroxylation is 2. The van der Waals surface area contributed by atoms with Crippen LogP contribution in [-0.2, 0) is 16.6 Å². The highest BCUT2D eigenvalue weighted by Crippen LogP contribution is 2.09. The highest BCUT2D eigenvalue weighted by molar-refractivity contribution is 5.97. The standard InChI is InChI=1S/C14H21N3O4/c1-6-17(8-11(18)21-7-2)14(20)12-9(3)10(4)15-16(5)13(12)19/h6-8H2,1-5H3. The van der Waals surface area contributed by atoms with Gasteiger partial charge in [0, 0.05) is 13.6 Å². The number of nitrogens with zero attached hydrogens (tertiary/aromatic N) is 3. The van der Waals surface area contributed by atoms with Gasteiger partial charge in [-0.1, -0.05) is 0 Å². The van der Waals surface area contributed by atoms with E-state index in [1.54, 1.807) is 27.7 Å². The van der Waals surface area contributed by atoms with E-state index in [4.69, 9.17) is 4.74 Å². The van der Waals surface area contributed by atoms with E-state index in [9.17, 15) is 14.4 Å². The van der Waals surface area contributed by atoms with Crippen LogP contribution in [0.15, 0.2) is 4.79 Å². The van der Waals surface area contributed by atoms with Gasteiger partial charge in [-0.05, 0) is 33.3 Å². The number of likely N-dealkylation sites (N-methyl/N-ethyl adjacent to an activating group) is 1. The van der Waals surface area contributed by atoms with Crippen LogP contribution in [0.5, 0.6) is 0 Å². The average molecular weight is 295 g/mol. The highest BCUT2D eigenvalue weighted by Gasteiger charge is 2.24. The van der Waals surface area contributed by atoms with Gasteiger partial charge in [-0.15, -0.1) is 0 Å². The van der Waals surface area contributed by atoms with Crippen molar-refractivity contribution in [1.29, 1.82) is 0 Å². The predicted molar refractivity (Wildman–Crippen MR) is 77.2 cm³/mol. The number of ether oxygens (including phenoxy) is 1. The second-order valence-electron chi connectivity index (χ2n) is 4.64. The van der Waals surface area contributed by atoms with Crippen molar-refractivity contribution in [2.75, 3.05) is 19.7 Å². The van der Waals surface area contributed by atoms with Gasteiger partial charge in [0.15, 0.2) is 0 Å². The van der Waals surface area contributed by atoms with Crippen molar-refractivity contribution in [3.8, 4) is 0 Å². The summed E-state index contributed by atoms with van der Waals surface area (Å²) < 4.78 is 5.97. The first-order valence-corrected chi connectivity index (χ1v) is 6.82. The first-order valence-electron chi connectivity index (χ1n) is 6.82. The van der Waals surface area contributed by atoms with E-state index in [1.165, 1.54) is 11.9 Å². The summed E-state index contributed by atoms with van der Waals surface area (Å²) in [6.45, 7) is 7.23. The number of carbonyl (C=O) groups excluding carboxylic acids is 2. The Morgan fingerprint density at radius 1 is 1.29 bits per heavy atom. The molecule has 0 saturated carbocycles. The van der Waals surface area contributed by atoms with E-state index in [0.29, 0.717) is 17.8 Å². The van der Waals surface area contributed by atoms with Crippen LogP contribution in [0.25, 0.3) is 0 Å².